The summed E-state index contributed by atoms with van der Waals surface area (Å²) in [4.78, 5) is 2.44. The zero-order valence-corrected chi connectivity index (χ0v) is 18.6. The van der Waals surface area contributed by atoms with E-state index in [1.54, 1.807) is 22.7 Å². The Morgan fingerprint density at radius 3 is 2.81 bits per heavy atom. The van der Waals surface area contributed by atoms with Crippen LogP contribution in [0.3, 0.4) is 0 Å². The number of benzene rings is 1. The maximum atomic E-state index is 6.42. The molecule has 5 rings (SSSR count). The number of hydrogen-bond acceptors (Lipinski definition) is 5. The van der Waals surface area contributed by atoms with Crippen LogP contribution in [0.4, 0.5) is 0 Å². The Hall–Kier alpha value is -1.15. The highest BCUT2D eigenvalue weighted by Crippen LogP contribution is 2.49. The van der Waals surface area contributed by atoms with Crippen molar-refractivity contribution in [3.63, 3.8) is 0 Å². The number of nitrogens with zero attached hydrogens (tertiary/aromatic N) is 2. The van der Waals surface area contributed by atoms with Crippen molar-refractivity contribution in [1.82, 2.24) is 5.01 Å². The molecule has 3 nitrogen and oxygen atoms in total. The number of thiophene rings is 2. The molecule has 0 amide bonds. The molecule has 2 aromatic heterocycles. The van der Waals surface area contributed by atoms with Crippen LogP contribution in [0.1, 0.15) is 39.6 Å². The lowest BCUT2D eigenvalue weighted by Crippen LogP contribution is -2.33. The SMILES string of the molecule is Cc1ccsc1[C@H]1Oc2ccc(Br)cc2[C@H]2CC(c3ccc(Br)s3)=NN21. The van der Waals surface area contributed by atoms with Gasteiger partial charge >= 0.3 is 0 Å². The first-order valence-electron chi connectivity index (χ1n) is 8.22. The van der Waals surface area contributed by atoms with Gasteiger partial charge in [-0.1, -0.05) is 15.9 Å². The maximum absolute atomic E-state index is 6.42. The fourth-order valence-electron chi connectivity index (χ4n) is 3.49. The van der Waals surface area contributed by atoms with Gasteiger partial charge in [-0.15, -0.1) is 22.7 Å². The van der Waals surface area contributed by atoms with E-state index in [1.807, 2.05) is 6.07 Å². The van der Waals surface area contributed by atoms with Gasteiger partial charge in [0.2, 0.25) is 6.23 Å². The number of fused-ring (bicyclic) bond motifs is 3. The van der Waals surface area contributed by atoms with E-state index in [0.29, 0.717) is 0 Å². The molecule has 2 atom stereocenters. The van der Waals surface area contributed by atoms with Gasteiger partial charge in [-0.3, -0.25) is 0 Å². The number of rotatable bonds is 2. The van der Waals surface area contributed by atoms with E-state index in [0.717, 1.165) is 26.1 Å². The van der Waals surface area contributed by atoms with Crippen LogP contribution in [0.25, 0.3) is 0 Å². The molecule has 0 unspecified atom stereocenters. The van der Waals surface area contributed by atoms with E-state index in [4.69, 9.17) is 9.84 Å². The summed E-state index contributed by atoms with van der Waals surface area (Å²) in [6.07, 6.45) is 0.718. The Bertz CT molecular complexity index is 1030. The van der Waals surface area contributed by atoms with Crippen molar-refractivity contribution in [2.24, 2.45) is 5.10 Å². The van der Waals surface area contributed by atoms with Crippen LogP contribution in [-0.2, 0) is 0 Å². The van der Waals surface area contributed by atoms with Crippen LogP contribution >= 0.6 is 54.5 Å². The highest BCUT2D eigenvalue weighted by Gasteiger charge is 2.42. The smallest absolute Gasteiger partial charge is 0.223 e. The molecule has 7 heteroatoms. The standard InChI is InChI=1S/C19H14Br2N2OS2/c1-10-6-7-25-18(10)19-23-14(12-8-11(20)2-3-15(12)24-19)9-13(22-23)16-4-5-17(21)26-16/h2-8,14,19H,9H2,1H3/t14-,19-/m1/s1. The second kappa shape index (κ2) is 6.48. The Morgan fingerprint density at radius 1 is 1.19 bits per heavy atom. The molecule has 0 N–H and O–H groups in total. The summed E-state index contributed by atoms with van der Waals surface area (Å²) in [5, 5.41) is 9.28. The third-order valence-electron chi connectivity index (χ3n) is 4.74. The highest BCUT2D eigenvalue weighted by molar-refractivity contribution is 9.11. The van der Waals surface area contributed by atoms with Gasteiger partial charge in [0.05, 0.1) is 25.3 Å². The number of halogens is 2. The molecule has 132 valence electrons. The van der Waals surface area contributed by atoms with Gasteiger partial charge in [0.15, 0.2) is 0 Å². The lowest BCUT2D eigenvalue weighted by molar-refractivity contribution is -0.0169. The second-order valence-electron chi connectivity index (χ2n) is 6.37. The van der Waals surface area contributed by atoms with Crippen LogP contribution < -0.4 is 4.74 Å². The van der Waals surface area contributed by atoms with E-state index in [9.17, 15) is 0 Å². The van der Waals surface area contributed by atoms with Crippen molar-refractivity contribution in [3.8, 4) is 5.75 Å². The summed E-state index contributed by atoms with van der Waals surface area (Å²) < 4.78 is 8.62. The number of hydrogen-bond donors (Lipinski definition) is 0. The molecule has 2 aliphatic rings. The molecule has 0 saturated carbocycles. The van der Waals surface area contributed by atoms with Crippen molar-refractivity contribution in [3.05, 3.63) is 70.9 Å². The molecule has 0 saturated heterocycles. The van der Waals surface area contributed by atoms with Gasteiger partial charge in [-0.05, 0) is 70.2 Å². The summed E-state index contributed by atoms with van der Waals surface area (Å²) in [6, 6.07) is 12.8. The van der Waals surface area contributed by atoms with Crippen molar-refractivity contribution < 1.29 is 4.74 Å². The summed E-state index contributed by atoms with van der Waals surface area (Å²) in [7, 11) is 0. The minimum absolute atomic E-state index is 0.172. The molecule has 3 aromatic rings. The fourth-order valence-corrected chi connectivity index (χ4v) is 6.19. The molecule has 0 spiro atoms. The summed E-state index contributed by atoms with van der Waals surface area (Å²) >= 11 is 10.6. The van der Waals surface area contributed by atoms with Crippen LogP contribution in [0.2, 0.25) is 0 Å². The van der Waals surface area contributed by atoms with Crippen molar-refractivity contribution in [1.29, 1.82) is 0 Å². The molecule has 4 heterocycles. The van der Waals surface area contributed by atoms with Crippen LogP contribution in [0, 0.1) is 6.92 Å². The zero-order valence-electron chi connectivity index (χ0n) is 13.8. The predicted octanol–water partition coefficient (Wildman–Crippen LogP) is 6.89. The molecular formula is C19H14Br2N2OS2. The summed E-state index contributed by atoms with van der Waals surface area (Å²) in [5.74, 6) is 0.955. The Morgan fingerprint density at radius 2 is 2.08 bits per heavy atom. The first-order chi connectivity index (χ1) is 12.6. The highest BCUT2D eigenvalue weighted by atomic mass is 79.9. The molecular weight excluding hydrogens is 496 g/mol. The van der Waals surface area contributed by atoms with E-state index in [-0.39, 0.29) is 12.3 Å². The van der Waals surface area contributed by atoms with Gasteiger partial charge in [-0.2, -0.15) is 5.10 Å². The lowest BCUT2D eigenvalue weighted by Gasteiger charge is -2.38. The molecule has 0 fully saturated rings. The third-order valence-corrected chi connectivity index (χ3v) is 7.95. The topological polar surface area (TPSA) is 24.8 Å². The van der Waals surface area contributed by atoms with Gasteiger partial charge in [0, 0.05) is 16.5 Å². The minimum Gasteiger partial charge on any atom is -0.464 e. The van der Waals surface area contributed by atoms with E-state index in [2.05, 4.69) is 79.5 Å². The van der Waals surface area contributed by atoms with Crippen LogP contribution in [0.5, 0.6) is 5.75 Å². The van der Waals surface area contributed by atoms with Crippen LogP contribution in [0.15, 0.2) is 55.1 Å². The largest absolute Gasteiger partial charge is 0.464 e. The zero-order chi connectivity index (χ0) is 17.8. The first-order valence-corrected chi connectivity index (χ1v) is 11.5. The summed E-state index contributed by atoms with van der Waals surface area (Å²) in [5.41, 5.74) is 3.57. The Kier molecular flexibility index (Phi) is 4.23. The normalized spacial score (nSPS) is 21.2. The van der Waals surface area contributed by atoms with Crippen molar-refractivity contribution in [2.75, 3.05) is 0 Å². The van der Waals surface area contributed by atoms with Gasteiger partial charge in [-0.25, -0.2) is 5.01 Å². The average molecular weight is 510 g/mol. The first kappa shape index (κ1) is 17.0. The van der Waals surface area contributed by atoms with Gasteiger partial charge < -0.3 is 4.74 Å². The average Bonchev–Trinajstić information content (AvgIpc) is 3.33. The van der Waals surface area contributed by atoms with Crippen molar-refractivity contribution >= 4 is 60.2 Å². The lowest BCUT2D eigenvalue weighted by atomic mass is 9.98. The van der Waals surface area contributed by atoms with E-state index >= 15 is 0 Å². The molecule has 26 heavy (non-hydrogen) atoms. The Labute approximate surface area is 176 Å². The van der Waals surface area contributed by atoms with Gasteiger partial charge in [0.1, 0.15) is 5.75 Å². The number of ether oxygens (including phenoxy) is 1. The number of hydrazone groups is 1. The second-order valence-corrected chi connectivity index (χ2v) is 10.7. The summed E-state index contributed by atoms with van der Waals surface area (Å²) in [6.45, 7) is 2.14. The molecule has 1 aromatic carbocycles. The molecule has 2 aliphatic heterocycles. The molecule has 0 bridgehead atoms. The third kappa shape index (κ3) is 2.76. The monoisotopic (exact) mass is 508 g/mol. The fraction of sp³-hybridized carbons (Fsp3) is 0.211. The Balaban J connectivity index is 1.62. The number of aryl methyl sites for hydroxylation is 1. The van der Waals surface area contributed by atoms with Gasteiger partial charge in [0.25, 0.3) is 0 Å². The quantitative estimate of drug-likeness (QED) is 0.376. The minimum atomic E-state index is -0.172. The maximum Gasteiger partial charge on any atom is 0.223 e. The van der Waals surface area contributed by atoms with Crippen molar-refractivity contribution in [2.45, 2.75) is 25.6 Å². The molecule has 0 aliphatic carbocycles. The van der Waals surface area contributed by atoms with Crippen LogP contribution in [-0.4, -0.2) is 10.7 Å². The van der Waals surface area contributed by atoms with E-state index < -0.39 is 0 Å². The predicted molar refractivity (Wildman–Crippen MR) is 114 cm³/mol. The molecule has 0 radical (unpaired) electrons. The van der Waals surface area contributed by atoms with E-state index in [1.165, 1.54) is 20.9 Å².